The van der Waals surface area contributed by atoms with Crippen molar-refractivity contribution in [2.24, 2.45) is 0 Å². The van der Waals surface area contributed by atoms with Crippen LogP contribution in [0.3, 0.4) is 0 Å². The highest BCUT2D eigenvalue weighted by Gasteiger charge is 2.19. The van der Waals surface area contributed by atoms with Crippen molar-refractivity contribution in [1.29, 1.82) is 0 Å². The Hall–Kier alpha value is -3.22. The van der Waals surface area contributed by atoms with E-state index >= 15 is 0 Å². The van der Waals surface area contributed by atoms with E-state index in [1.165, 1.54) is 24.1 Å². The van der Waals surface area contributed by atoms with Crippen molar-refractivity contribution < 1.29 is 24.2 Å². The predicted molar refractivity (Wildman–Crippen MR) is 107 cm³/mol. The molecular weight excluding hydrogens is 360 g/mol. The van der Waals surface area contributed by atoms with Crippen LogP contribution < -0.4 is 19.7 Å². The number of hydrogen-bond acceptors (Lipinski definition) is 5. The van der Waals surface area contributed by atoms with Crippen molar-refractivity contribution in [3.8, 4) is 17.2 Å². The molecule has 0 unspecified atom stereocenters. The fourth-order valence-electron chi connectivity index (χ4n) is 2.59. The van der Waals surface area contributed by atoms with Crippen molar-refractivity contribution >= 4 is 17.5 Å². The number of nitrogens with zero attached hydrogens (tertiary/aromatic N) is 1. The van der Waals surface area contributed by atoms with E-state index in [9.17, 15) is 14.7 Å². The number of aromatic hydroxyl groups is 1. The van der Waals surface area contributed by atoms with Crippen molar-refractivity contribution in [3.63, 3.8) is 0 Å². The molecule has 2 aromatic carbocycles. The SMILES string of the molecule is CCOc1ccc(CCNC(=O)C(=O)N(C)c2ccc(O)cc2)cc1OCC. The van der Waals surface area contributed by atoms with Crippen LogP contribution in [0.5, 0.6) is 17.2 Å². The molecule has 7 heteroatoms. The highest BCUT2D eigenvalue weighted by Crippen LogP contribution is 2.28. The van der Waals surface area contributed by atoms with E-state index in [0.29, 0.717) is 43.4 Å². The van der Waals surface area contributed by atoms with Crippen LogP contribution >= 0.6 is 0 Å². The number of phenols is 1. The first-order valence-corrected chi connectivity index (χ1v) is 9.19. The van der Waals surface area contributed by atoms with Gasteiger partial charge < -0.3 is 24.8 Å². The van der Waals surface area contributed by atoms with Gasteiger partial charge in [0.15, 0.2) is 11.5 Å². The molecule has 0 saturated carbocycles. The monoisotopic (exact) mass is 386 g/mol. The number of carbonyl (C=O) groups is 2. The fraction of sp³-hybridized carbons (Fsp3) is 0.333. The van der Waals surface area contributed by atoms with Gasteiger partial charge in [-0.3, -0.25) is 9.59 Å². The van der Waals surface area contributed by atoms with Gasteiger partial charge in [0.2, 0.25) is 0 Å². The topological polar surface area (TPSA) is 88.1 Å². The van der Waals surface area contributed by atoms with E-state index in [2.05, 4.69) is 5.32 Å². The number of benzene rings is 2. The lowest BCUT2D eigenvalue weighted by Gasteiger charge is -2.17. The molecule has 0 aliphatic carbocycles. The van der Waals surface area contributed by atoms with Gasteiger partial charge in [0.25, 0.3) is 0 Å². The molecule has 0 atom stereocenters. The molecule has 0 aliphatic heterocycles. The van der Waals surface area contributed by atoms with Crippen molar-refractivity contribution in [2.45, 2.75) is 20.3 Å². The number of phenolic OH excluding ortho intramolecular Hbond substituents is 1. The highest BCUT2D eigenvalue weighted by molar-refractivity contribution is 6.40. The minimum atomic E-state index is -0.688. The third-order valence-electron chi connectivity index (χ3n) is 4.04. The summed E-state index contributed by atoms with van der Waals surface area (Å²) in [4.78, 5) is 25.6. The Balaban J connectivity index is 1.91. The maximum Gasteiger partial charge on any atom is 0.316 e. The molecule has 28 heavy (non-hydrogen) atoms. The molecule has 0 radical (unpaired) electrons. The molecule has 0 heterocycles. The molecule has 2 N–H and O–H groups in total. The zero-order valence-electron chi connectivity index (χ0n) is 16.4. The van der Waals surface area contributed by atoms with Crippen molar-refractivity contribution in [2.75, 3.05) is 31.7 Å². The molecule has 2 amide bonds. The number of likely N-dealkylation sites (N-methyl/N-ethyl adjacent to an activating group) is 1. The number of nitrogens with one attached hydrogen (secondary N) is 1. The number of amides is 2. The first-order chi connectivity index (χ1) is 13.5. The van der Waals surface area contributed by atoms with E-state index in [-0.39, 0.29) is 5.75 Å². The lowest BCUT2D eigenvalue weighted by Crippen LogP contribution is -2.41. The summed E-state index contributed by atoms with van der Waals surface area (Å²) in [5, 5.41) is 11.9. The summed E-state index contributed by atoms with van der Waals surface area (Å²) >= 11 is 0. The van der Waals surface area contributed by atoms with Gasteiger partial charge in [0.05, 0.1) is 13.2 Å². The number of hydrogen-bond donors (Lipinski definition) is 2. The Bertz CT molecular complexity index is 805. The Morgan fingerprint density at radius 3 is 2.29 bits per heavy atom. The van der Waals surface area contributed by atoms with Gasteiger partial charge in [-0.05, 0) is 62.2 Å². The molecule has 0 fully saturated rings. The molecule has 7 nitrogen and oxygen atoms in total. The quantitative estimate of drug-likeness (QED) is 0.681. The standard InChI is InChI=1S/C21H26N2O5/c1-4-27-18-11-6-15(14-19(18)28-5-2)12-13-22-20(25)21(26)23(3)16-7-9-17(24)10-8-16/h6-11,14,24H,4-5,12-13H2,1-3H3,(H,22,25). The number of rotatable bonds is 8. The lowest BCUT2D eigenvalue weighted by molar-refractivity contribution is -0.137. The summed E-state index contributed by atoms with van der Waals surface area (Å²) in [5.74, 6) is 0.0777. The molecule has 0 spiro atoms. The van der Waals surface area contributed by atoms with Crippen molar-refractivity contribution in [3.05, 3.63) is 48.0 Å². The van der Waals surface area contributed by atoms with E-state index < -0.39 is 11.8 Å². The number of ether oxygens (including phenoxy) is 2. The van der Waals surface area contributed by atoms with Crippen molar-refractivity contribution in [1.82, 2.24) is 5.32 Å². The second kappa shape index (κ2) is 10.2. The minimum Gasteiger partial charge on any atom is -0.508 e. The van der Waals surface area contributed by atoms with Crippen LogP contribution in [0.25, 0.3) is 0 Å². The molecule has 0 saturated heterocycles. The molecule has 0 aliphatic rings. The highest BCUT2D eigenvalue weighted by atomic mass is 16.5. The van der Waals surface area contributed by atoms with Gasteiger partial charge in [-0.25, -0.2) is 0 Å². The second-order valence-electron chi connectivity index (χ2n) is 6.03. The average Bonchev–Trinajstić information content (AvgIpc) is 2.69. The minimum absolute atomic E-state index is 0.0934. The summed E-state index contributed by atoms with van der Waals surface area (Å²) in [7, 11) is 1.51. The molecule has 0 aromatic heterocycles. The van der Waals surface area contributed by atoms with Crippen LogP contribution in [-0.2, 0) is 16.0 Å². The molecule has 150 valence electrons. The van der Waals surface area contributed by atoms with Gasteiger partial charge in [0, 0.05) is 19.3 Å². The largest absolute Gasteiger partial charge is 0.508 e. The van der Waals surface area contributed by atoms with Gasteiger partial charge in [0.1, 0.15) is 5.75 Å². The Kier molecular flexibility index (Phi) is 7.68. The number of carbonyl (C=O) groups excluding carboxylic acids is 2. The second-order valence-corrected chi connectivity index (χ2v) is 6.03. The number of anilines is 1. The molecular formula is C21H26N2O5. The lowest BCUT2D eigenvalue weighted by atomic mass is 10.1. The average molecular weight is 386 g/mol. The smallest absolute Gasteiger partial charge is 0.316 e. The van der Waals surface area contributed by atoms with Crippen LogP contribution in [0.2, 0.25) is 0 Å². The summed E-state index contributed by atoms with van der Waals surface area (Å²) in [6.07, 6.45) is 0.550. The van der Waals surface area contributed by atoms with Crippen LogP contribution in [0, 0.1) is 0 Å². The third-order valence-corrected chi connectivity index (χ3v) is 4.04. The van der Waals surface area contributed by atoms with Crippen LogP contribution in [-0.4, -0.2) is 43.7 Å². The van der Waals surface area contributed by atoms with Gasteiger partial charge >= 0.3 is 11.8 Å². The summed E-state index contributed by atoms with van der Waals surface area (Å²) in [6, 6.07) is 11.7. The molecule has 2 rings (SSSR count). The van der Waals surface area contributed by atoms with Gasteiger partial charge in [-0.2, -0.15) is 0 Å². The fourth-order valence-corrected chi connectivity index (χ4v) is 2.59. The van der Waals surface area contributed by atoms with Gasteiger partial charge in [-0.1, -0.05) is 6.07 Å². The van der Waals surface area contributed by atoms with E-state index in [1.807, 2.05) is 32.0 Å². The van der Waals surface area contributed by atoms with Gasteiger partial charge in [-0.15, -0.1) is 0 Å². The van der Waals surface area contributed by atoms with E-state index in [4.69, 9.17) is 9.47 Å². The zero-order valence-corrected chi connectivity index (χ0v) is 16.4. The molecule has 2 aromatic rings. The van der Waals surface area contributed by atoms with Crippen LogP contribution in [0.15, 0.2) is 42.5 Å². The van der Waals surface area contributed by atoms with Crippen LogP contribution in [0.4, 0.5) is 5.69 Å². The first-order valence-electron chi connectivity index (χ1n) is 9.19. The summed E-state index contributed by atoms with van der Waals surface area (Å²) < 4.78 is 11.1. The molecule has 0 bridgehead atoms. The normalized spacial score (nSPS) is 10.2. The maximum atomic E-state index is 12.2. The predicted octanol–water partition coefficient (Wildman–Crippen LogP) is 2.51. The summed E-state index contributed by atoms with van der Waals surface area (Å²) in [5.41, 5.74) is 1.48. The first kappa shape index (κ1) is 21.1. The Morgan fingerprint density at radius 2 is 1.64 bits per heavy atom. The maximum absolute atomic E-state index is 12.2. The van der Waals surface area contributed by atoms with Crippen LogP contribution in [0.1, 0.15) is 19.4 Å². The van der Waals surface area contributed by atoms with E-state index in [0.717, 1.165) is 5.56 Å². The Labute approximate surface area is 164 Å². The Morgan fingerprint density at radius 1 is 1.00 bits per heavy atom. The third kappa shape index (κ3) is 5.64. The summed E-state index contributed by atoms with van der Waals surface area (Å²) in [6.45, 7) is 5.20. The zero-order chi connectivity index (χ0) is 20.5. The van der Waals surface area contributed by atoms with E-state index in [1.54, 1.807) is 12.1 Å².